The van der Waals surface area contributed by atoms with Gasteiger partial charge in [-0.05, 0) is 13.8 Å². The van der Waals surface area contributed by atoms with Crippen molar-refractivity contribution < 1.29 is 27.6 Å². The molecule has 0 rings (SSSR count). The van der Waals surface area contributed by atoms with E-state index in [9.17, 15) is 18.3 Å². The second kappa shape index (κ2) is 5.42. The van der Waals surface area contributed by atoms with Crippen LogP contribution in [0.3, 0.4) is 0 Å². The number of rotatable bonds is 5. The molecule has 16 heavy (non-hydrogen) atoms. The summed E-state index contributed by atoms with van der Waals surface area (Å²) in [5.41, 5.74) is -1.70. The van der Waals surface area contributed by atoms with Crippen molar-refractivity contribution in [2.45, 2.75) is 32.5 Å². The summed E-state index contributed by atoms with van der Waals surface area (Å²) in [6.45, 7) is 3.64. The molecule has 0 aliphatic heterocycles. The fourth-order valence-corrected chi connectivity index (χ4v) is 2.19. The molecule has 0 radical (unpaired) electrons. The van der Waals surface area contributed by atoms with Gasteiger partial charge in [-0.3, -0.25) is 4.79 Å². The molecule has 0 aromatic carbocycles. The molecule has 0 aliphatic carbocycles. The van der Waals surface area contributed by atoms with Gasteiger partial charge < -0.3 is 14.4 Å². The summed E-state index contributed by atoms with van der Waals surface area (Å²) in [6.07, 6.45) is 1.57. The first-order valence-corrected chi connectivity index (χ1v) is 6.14. The van der Waals surface area contributed by atoms with Crippen molar-refractivity contribution in [1.29, 1.82) is 0 Å². The molecule has 6 nitrogen and oxygen atoms in total. The van der Waals surface area contributed by atoms with E-state index in [1.54, 1.807) is 0 Å². The molecular weight excluding hydrogens is 236 g/mol. The maximum absolute atomic E-state index is 11.2. The Morgan fingerprint density at radius 2 is 2.06 bits per heavy atom. The van der Waals surface area contributed by atoms with Crippen LogP contribution in [0.2, 0.25) is 0 Å². The normalized spacial score (nSPS) is 18.1. The molecule has 0 bridgehead atoms. The van der Waals surface area contributed by atoms with Crippen LogP contribution in [0.1, 0.15) is 20.8 Å². The van der Waals surface area contributed by atoms with Crippen molar-refractivity contribution in [3.8, 4) is 0 Å². The summed E-state index contributed by atoms with van der Waals surface area (Å²) in [5.74, 6) is -1.72. The number of carbonyl (C=O) groups is 1. The third kappa shape index (κ3) is 7.38. The predicted octanol–water partition coefficient (Wildman–Crippen LogP) is -0.433. The van der Waals surface area contributed by atoms with Gasteiger partial charge in [-0.2, -0.15) is 8.42 Å². The highest BCUT2D eigenvalue weighted by Gasteiger charge is 2.28. The third-order valence-corrected chi connectivity index (χ3v) is 2.87. The molecule has 0 spiro atoms. The van der Waals surface area contributed by atoms with Crippen molar-refractivity contribution >= 4 is 16.1 Å². The molecule has 0 aromatic heterocycles. The highest BCUT2D eigenvalue weighted by atomic mass is 32.2. The largest absolute Gasteiger partial charge is 0.389 e. The molecule has 0 aliphatic rings. The lowest BCUT2D eigenvalue weighted by molar-refractivity contribution is -0.131. The Kier molecular flexibility index (Phi) is 5.11. The van der Waals surface area contributed by atoms with E-state index in [1.807, 2.05) is 0 Å². The van der Waals surface area contributed by atoms with Gasteiger partial charge in [0.15, 0.2) is 0 Å². The van der Waals surface area contributed by atoms with Gasteiger partial charge in [0.1, 0.15) is 5.75 Å². The van der Waals surface area contributed by atoms with Crippen LogP contribution in [0, 0.1) is 0 Å². The van der Waals surface area contributed by atoms with Gasteiger partial charge in [-0.25, -0.2) is 0 Å². The Morgan fingerprint density at radius 1 is 1.56 bits per heavy atom. The molecule has 2 N–H and O–H groups in total. The maximum Gasteiger partial charge on any atom is 0.319 e. The molecule has 0 fully saturated rings. The van der Waals surface area contributed by atoms with E-state index in [0.717, 1.165) is 13.0 Å². The van der Waals surface area contributed by atoms with Crippen LogP contribution >= 0.6 is 0 Å². The highest BCUT2D eigenvalue weighted by molar-refractivity contribution is 7.87. The SMILES string of the molecule is CC(=O)OS(=O)(=O)CC(C)(O)C=CC(C)O. The van der Waals surface area contributed by atoms with Gasteiger partial charge in [0.2, 0.25) is 0 Å². The van der Waals surface area contributed by atoms with Gasteiger partial charge in [0.25, 0.3) is 0 Å². The van der Waals surface area contributed by atoms with Crippen LogP contribution in [0.15, 0.2) is 12.2 Å². The number of hydrogen-bond donors (Lipinski definition) is 2. The van der Waals surface area contributed by atoms with E-state index in [0.29, 0.717) is 0 Å². The summed E-state index contributed by atoms with van der Waals surface area (Å²) >= 11 is 0. The molecule has 2 unspecified atom stereocenters. The van der Waals surface area contributed by atoms with Gasteiger partial charge in [-0.1, -0.05) is 12.2 Å². The topological polar surface area (TPSA) is 101 Å². The first kappa shape index (κ1) is 15.1. The van der Waals surface area contributed by atoms with Crippen molar-refractivity contribution in [2.75, 3.05) is 5.75 Å². The van der Waals surface area contributed by atoms with E-state index < -0.39 is 33.5 Å². The zero-order valence-electron chi connectivity index (χ0n) is 9.37. The molecular formula is C9H16O6S. The van der Waals surface area contributed by atoms with Crippen molar-refractivity contribution in [2.24, 2.45) is 0 Å². The maximum atomic E-state index is 11.2. The van der Waals surface area contributed by atoms with Crippen molar-refractivity contribution in [3.63, 3.8) is 0 Å². The van der Waals surface area contributed by atoms with Crippen LogP contribution in [0.5, 0.6) is 0 Å². The van der Waals surface area contributed by atoms with E-state index >= 15 is 0 Å². The summed E-state index contributed by atoms with van der Waals surface area (Å²) < 4.78 is 26.5. The second-order valence-corrected chi connectivity index (χ2v) is 5.30. The third-order valence-electron chi connectivity index (χ3n) is 1.45. The minimum Gasteiger partial charge on any atom is -0.389 e. The fourth-order valence-electron chi connectivity index (χ4n) is 0.961. The lowest BCUT2D eigenvalue weighted by Crippen LogP contribution is -2.33. The fraction of sp³-hybridized carbons (Fsp3) is 0.667. The van der Waals surface area contributed by atoms with Crippen LogP contribution in [-0.4, -0.2) is 42.1 Å². The van der Waals surface area contributed by atoms with Crippen molar-refractivity contribution in [3.05, 3.63) is 12.2 Å². The Morgan fingerprint density at radius 3 is 2.44 bits per heavy atom. The molecule has 0 amide bonds. The Labute approximate surface area is 94.7 Å². The van der Waals surface area contributed by atoms with Crippen LogP contribution in [0.25, 0.3) is 0 Å². The Bertz CT molecular complexity index is 365. The smallest absolute Gasteiger partial charge is 0.319 e. The average Bonchev–Trinajstić information content (AvgIpc) is 1.95. The molecule has 2 atom stereocenters. The van der Waals surface area contributed by atoms with Crippen LogP contribution in [-0.2, 0) is 19.1 Å². The number of carbonyl (C=O) groups excluding carboxylic acids is 1. The minimum atomic E-state index is -4.12. The van der Waals surface area contributed by atoms with Gasteiger partial charge >= 0.3 is 16.1 Å². The first-order chi connectivity index (χ1) is 7.04. The van der Waals surface area contributed by atoms with Crippen LogP contribution < -0.4 is 0 Å². The highest BCUT2D eigenvalue weighted by Crippen LogP contribution is 2.11. The number of aliphatic hydroxyl groups is 2. The van der Waals surface area contributed by atoms with Gasteiger partial charge in [-0.15, -0.1) is 0 Å². The lowest BCUT2D eigenvalue weighted by Gasteiger charge is -2.18. The Hall–Kier alpha value is -0.920. The minimum absolute atomic E-state index is 0.761. The second-order valence-electron chi connectivity index (χ2n) is 3.73. The quantitative estimate of drug-likeness (QED) is 0.508. The predicted molar refractivity (Wildman–Crippen MR) is 57.0 cm³/mol. The first-order valence-electron chi connectivity index (χ1n) is 4.56. The zero-order valence-corrected chi connectivity index (χ0v) is 10.2. The van der Waals surface area contributed by atoms with E-state index in [1.165, 1.54) is 19.9 Å². The Balaban J connectivity index is 4.64. The monoisotopic (exact) mass is 252 g/mol. The summed E-state index contributed by atoms with van der Waals surface area (Å²) in [7, 11) is -4.12. The lowest BCUT2D eigenvalue weighted by atomic mass is 10.1. The number of aliphatic hydroxyl groups excluding tert-OH is 1. The molecule has 0 aromatic rings. The van der Waals surface area contributed by atoms with E-state index in [2.05, 4.69) is 4.18 Å². The standard InChI is InChI=1S/C9H16O6S/c1-7(10)4-5-9(3,12)6-16(13,14)15-8(2)11/h4-5,7,10,12H,6H2,1-3H3. The molecule has 94 valence electrons. The summed E-state index contributed by atoms with van der Waals surface area (Å²) in [5, 5.41) is 18.6. The molecule has 0 heterocycles. The molecule has 0 saturated carbocycles. The molecule has 7 heteroatoms. The van der Waals surface area contributed by atoms with Gasteiger partial charge in [0.05, 0.1) is 11.7 Å². The number of hydrogen-bond acceptors (Lipinski definition) is 6. The summed E-state index contributed by atoms with van der Waals surface area (Å²) in [6, 6.07) is 0. The van der Waals surface area contributed by atoms with Crippen molar-refractivity contribution in [1.82, 2.24) is 0 Å². The summed E-state index contributed by atoms with van der Waals surface area (Å²) in [4.78, 5) is 10.5. The van der Waals surface area contributed by atoms with E-state index in [-0.39, 0.29) is 0 Å². The van der Waals surface area contributed by atoms with E-state index in [4.69, 9.17) is 5.11 Å². The zero-order chi connectivity index (χ0) is 13.0. The van der Waals surface area contributed by atoms with Crippen LogP contribution in [0.4, 0.5) is 0 Å². The van der Waals surface area contributed by atoms with Gasteiger partial charge in [0, 0.05) is 6.92 Å². The average molecular weight is 252 g/mol. The molecule has 0 saturated heterocycles.